The van der Waals surface area contributed by atoms with E-state index < -0.39 is 0 Å². The smallest absolute Gasteiger partial charge is 0.324 e. The molecule has 138 valence electrons. The largest absolute Gasteiger partial charge is 0.332 e. The van der Waals surface area contributed by atoms with E-state index in [1.54, 1.807) is 13.4 Å². The zero-order valence-corrected chi connectivity index (χ0v) is 15.6. The molecule has 1 N–H and O–H groups in total. The van der Waals surface area contributed by atoms with Crippen LogP contribution in [0, 0.1) is 5.92 Å². The average molecular weight is 355 g/mol. The van der Waals surface area contributed by atoms with Gasteiger partial charge >= 0.3 is 5.69 Å². The van der Waals surface area contributed by atoms with Crippen molar-refractivity contribution in [3.63, 3.8) is 0 Å². The van der Waals surface area contributed by atoms with Gasteiger partial charge in [0, 0.05) is 26.7 Å². The van der Waals surface area contributed by atoms with Crippen LogP contribution in [0.1, 0.15) is 25.5 Å². The second-order valence-corrected chi connectivity index (χ2v) is 6.92. The highest BCUT2D eigenvalue weighted by Gasteiger charge is 2.16. The summed E-state index contributed by atoms with van der Waals surface area (Å²) >= 11 is 0. The Morgan fingerprint density at radius 2 is 1.77 bits per heavy atom. The Balaban J connectivity index is 1.75. The highest BCUT2D eigenvalue weighted by molar-refractivity contribution is 5.69. The number of hydrogen-bond donors (Lipinski definition) is 1. The van der Waals surface area contributed by atoms with Gasteiger partial charge in [-0.2, -0.15) is 0 Å². The maximum Gasteiger partial charge on any atom is 0.332 e. The van der Waals surface area contributed by atoms with Gasteiger partial charge in [0.1, 0.15) is 0 Å². The fourth-order valence-corrected chi connectivity index (χ4v) is 3.17. The molecule has 1 aromatic carbocycles. The molecular formula is C19H25N5O2. The molecule has 7 heteroatoms. The Bertz CT molecular complexity index is 1020. The average Bonchev–Trinajstić information content (AvgIpc) is 3.07. The number of imidazole rings is 1. The molecule has 3 aromatic rings. The first kappa shape index (κ1) is 18.1. The quantitative estimate of drug-likeness (QED) is 0.726. The minimum atomic E-state index is -0.362. The summed E-state index contributed by atoms with van der Waals surface area (Å²) in [5.74, 6) is 0.292. The fourth-order valence-electron chi connectivity index (χ4n) is 3.17. The lowest BCUT2D eigenvalue weighted by Crippen LogP contribution is -2.37. The molecule has 0 radical (unpaired) electrons. The predicted octanol–water partition coefficient (Wildman–Crippen LogP) is 1.42. The molecule has 0 aliphatic rings. The van der Waals surface area contributed by atoms with Crippen LogP contribution in [0.15, 0.2) is 46.2 Å². The number of aromatic nitrogens is 4. The Hall–Kier alpha value is -2.67. The third-order valence-corrected chi connectivity index (χ3v) is 4.80. The lowest BCUT2D eigenvalue weighted by Gasteiger charge is -2.18. The molecule has 0 aliphatic heterocycles. The monoisotopic (exact) mass is 355 g/mol. The minimum Gasteiger partial charge on any atom is -0.324 e. The first-order chi connectivity index (χ1) is 12.4. The summed E-state index contributed by atoms with van der Waals surface area (Å²) in [6, 6.07) is 10.6. The molecule has 0 amide bonds. The predicted molar refractivity (Wildman–Crippen MR) is 102 cm³/mol. The van der Waals surface area contributed by atoms with Crippen molar-refractivity contribution in [2.75, 3.05) is 6.54 Å². The van der Waals surface area contributed by atoms with Crippen molar-refractivity contribution >= 4 is 11.2 Å². The summed E-state index contributed by atoms with van der Waals surface area (Å²) in [5, 5.41) is 3.53. The van der Waals surface area contributed by atoms with Crippen molar-refractivity contribution in [2.45, 2.75) is 26.4 Å². The van der Waals surface area contributed by atoms with Crippen LogP contribution in [0.4, 0.5) is 0 Å². The Morgan fingerprint density at radius 1 is 1.08 bits per heavy atom. The SMILES string of the molecule is CC(CNC(C)c1ccccc1)Cn1cnc2c1c(=O)n(C)c(=O)n2C. The van der Waals surface area contributed by atoms with Gasteiger partial charge in [0.2, 0.25) is 0 Å². The standard InChI is InChI=1S/C19H25N5O2/c1-13(10-20-14(2)15-8-6-5-7-9-15)11-24-12-21-17-16(24)18(25)23(4)19(26)22(17)3/h5-9,12-14,20H,10-11H2,1-4H3. The molecule has 2 atom stereocenters. The van der Waals surface area contributed by atoms with Gasteiger partial charge < -0.3 is 9.88 Å². The van der Waals surface area contributed by atoms with E-state index in [0.29, 0.717) is 23.6 Å². The van der Waals surface area contributed by atoms with Crippen LogP contribution in [0.25, 0.3) is 11.2 Å². The summed E-state index contributed by atoms with van der Waals surface area (Å²) in [4.78, 5) is 28.8. The van der Waals surface area contributed by atoms with Gasteiger partial charge in [-0.1, -0.05) is 37.3 Å². The maximum atomic E-state index is 12.5. The van der Waals surface area contributed by atoms with Crippen molar-refractivity contribution in [3.8, 4) is 0 Å². The van der Waals surface area contributed by atoms with Crippen molar-refractivity contribution in [3.05, 3.63) is 63.1 Å². The van der Waals surface area contributed by atoms with Crippen LogP contribution in [0.5, 0.6) is 0 Å². The second-order valence-electron chi connectivity index (χ2n) is 6.92. The molecule has 2 heterocycles. The van der Waals surface area contributed by atoms with Gasteiger partial charge in [0.15, 0.2) is 11.2 Å². The molecule has 0 fully saturated rings. The molecule has 2 unspecified atom stereocenters. The zero-order valence-electron chi connectivity index (χ0n) is 15.6. The number of hydrogen-bond acceptors (Lipinski definition) is 4. The van der Waals surface area contributed by atoms with Crippen molar-refractivity contribution in [1.82, 2.24) is 24.0 Å². The Morgan fingerprint density at radius 3 is 2.46 bits per heavy atom. The molecule has 26 heavy (non-hydrogen) atoms. The van der Waals surface area contributed by atoms with E-state index in [1.165, 1.54) is 17.2 Å². The second kappa shape index (κ2) is 7.29. The van der Waals surface area contributed by atoms with Crippen molar-refractivity contribution < 1.29 is 0 Å². The van der Waals surface area contributed by atoms with Crippen molar-refractivity contribution in [1.29, 1.82) is 0 Å². The highest BCUT2D eigenvalue weighted by atomic mass is 16.2. The Kier molecular flexibility index (Phi) is 5.08. The summed E-state index contributed by atoms with van der Waals surface area (Å²) in [5.41, 5.74) is 1.47. The third kappa shape index (κ3) is 3.35. The van der Waals surface area contributed by atoms with Crippen LogP contribution in [0.3, 0.4) is 0 Å². The first-order valence-corrected chi connectivity index (χ1v) is 8.79. The number of benzene rings is 1. The zero-order chi connectivity index (χ0) is 18.8. The van der Waals surface area contributed by atoms with E-state index >= 15 is 0 Å². The summed E-state index contributed by atoms with van der Waals surface area (Å²) in [7, 11) is 3.13. The molecule has 0 aliphatic carbocycles. The number of rotatable bonds is 6. The number of nitrogens with one attached hydrogen (secondary N) is 1. The summed E-state index contributed by atoms with van der Waals surface area (Å²) in [6.07, 6.45) is 1.64. The van der Waals surface area contributed by atoms with Gasteiger partial charge in [-0.05, 0) is 24.9 Å². The van der Waals surface area contributed by atoms with E-state index in [4.69, 9.17) is 0 Å². The van der Waals surface area contributed by atoms with E-state index in [2.05, 4.69) is 36.3 Å². The molecule has 7 nitrogen and oxygen atoms in total. The molecular weight excluding hydrogens is 330 g/mol. The maximum absolute atomic E-state index is 12.5. The number of fused-ring (bicyclic) bond motifs is 1. The van der Waals surface area contributed by atoms with E-state index in [-0.39, 0.29) is 17.3 Å². The highest BCUT2D eigenvalue weighted by Crippen LogP contribution is 2.13. The van der Waals surface area contributed by atoms with E-state index in [0.717, 1.165) is 11.1 Å². The summed E-state index contributed by atoms with van der Waals surface area (Å²) in [6.45, 7) is 5.73. The lowest BCUT2D eigenvalue weighted by atomic mass is 10.1. The van der Waals surface area contributed by atoms with Gasteiger partial charge in [-0.25, -0.2) is 9.78 Å². The normalized spacial score (nSPS) is 13.8. The molecule has 0 saturated heterocycles. The van der Waals surface area contributed by atoms with E-state index in [9.17, 15) is 9.59 Å². The van der Waals surface area contributed by atoms with Crippen LogP contribution >= 0.6 is 0 Å². The molecule has 0 saturated carbocycles. The minimum absolute atomic E-state index is 0.256. The molecule has 0 bridgehead atoms. The van der Waals surface area contributed by atoms with E-state index in [1.807, 2.05) is 22.8 Å². The molecule has 3 rings (SSSR count). The van der Waals surface area contributed by atoms with Gasteiger partial charge in [0.25, 0.3) is 5.56 Å². The van der Waals surface area contributed by atoms with Crippen LogP contribution in [-0.2, 0) is 20.6 Å². The molecule has 2 aromatic heterocycles. The number of aryl methyl sites for hydroxylation is 1. The fraction of sp³-hybridized carbons (Fsp3) is 0.421. The van der Waals surface area contributed by atoms with Crippen LogP contribution in [0.2, 0.25) is 0 Å². The van der Waals surface area contributed by atoms with Gasteiger partial charge in [0.05, 0.1) is 6.33 Å². The van der Waals surface area contributed by atoms with Crippen molar-refractivity contribution in [2.24, 2.45) is 20.0 Å². The van der Waals surface area contributed by atoms with Crippen LogP contribution in [-0.4, -0.2) is 25.2 Å². The van der Waals surface area contributed by atoms with Gasteiger partial charge in [-0.3, -0.25) is 13.9 Å². The topological polar surface area (TPSA) is 73.8 Å². The molecule has 0 spiro atoms. The summed E-state index contributed by atoms with van der Waals surface area (Å²) < 4.78 is 4.38. The van der Waals surface area contributed by atoms with Crippen LogP contribution < -0.4 is 16.6 Å². The van der Waals surface area contributed by atoms with Gasteiger partial charge in [-0.15, -0.1) is 0 Å². The third-order valence-electron chi connectivity index (χ3n) is 4.80. The lowest BCUT2D eigenvalue weighted by molar-refractivity contribution is 0.424. The first-order valence-electron chi connectivity index (χ1n) is 8.79. The Labute approximate surface area is 151 Å². The number of nitrogens with zero attached hydrogens (tertiary/aromatic N) is 4.